The first-order valence-corrected chi connectivity index (χ1v) is 6.67. The molecular formula is C16H20N6O. The van der Waals surface area contributed by atoms with Gasteiger partial charge in [0.2, 0.25) is 0 Å². The van der Waals surface area contributed by atoms with Crippen LogP contribution in [0.15, 0.2) is 18.6 Å². The molecule has 1 saturated heterocycles. The minimum Gasteiger partial charge on any atom is -0.354 e. The maximum atomic E-state index is 12.6. The van der Waals surface area contributed by atoms with Crippen LogP contribution < -0.4 is 4.90 Å². The Bertz CT molecular complexity index is 1140. The fourth-order valence-corrected chi connectivity index (χ4v) is 2.20. The third-order valence-electron chi connectivity index (χ3n) is 3.32. The van der Waals surface area contributed by atoms with Crippen molar-refractivity contribution in [1.82, 2.24) is 19.9 Å². The molecule has 0 bridgehead atoms. The first-order chi connectivity index (χ1) is 15.0. The highest BCUT2D eigenvalue weighted by atomic mass is 16.2. The molecule has 2 atom stereocenters. The summed E-state index contributed by atoms with van der Waals surface area (Å²) in [6.45, 7) is -3.84. The van der Waals surface area contributed by atoms with Crippen molar-refractivity contribution >= 4 is 22.8 Å². The smallest absolute Gasteiger partial charge is 0.302 e. The minimum absolute atomic E-state index is 0.0389. The number of carbonyl (C=O) groups excluding carboxylic acids is 1. The Morgan fingerprint density at radius 2 is 2.65 bits per heavy atom. The molecule has 1 aliphatic heterocycles. The number of rotatable bonds is 3. The van der Waals surface area contributed by atoms with E-state index < -0.39 is 56.9 Å². The molecule has 3 rings (SSSR count). The summed E-state index contributed by atoms with van der Waals surface area (Å²) in [5.41, 5.74) is 0.137. The predicted molar refractivity (Wildman–Crippen MR) is 87.9 cm³/mol. The Labute approximate surface area is 149 Å². The summed E-state index contributed by atoms with van der Waals surface area (Å²) in [4.78, 5) is 26.8. The highest BCUT2D eigenvalue weighted by Gasteiger charge is 2.33. The lowest BCUT2D eigenvalue weighted by Gasteiger charge is -2.41. The van der Waals surface area contributed by atoms with Crippen molar-refractivity contribution in [2.24, 2.45) is 5.89 Å². The number of hydrogen-bond acceptors (Lipinski definition) is 4. The molecule has 1 fully saturated rings. The van der Waals surface area contributed by atoms with Gasteiger partial charge in [0.1, 0.15) is 19.1 Å². The number of likely N-dealkylation sites (tertiary alicyclic amines) is 1. The second-order valence-corrected chi connectivity index (χ2v) is 4.77. The van der Waals surface area contributed by atoms with E-state index in [-0.39, 0.29) is 21.8 Å². The van der Waals surface area contributed by atoms with Gasteiger partial charge in [-0.2, -0.15) is 0 Å². The van der Waals surface area contributed by atoms with Crippen molar-refractivity contribution in [2.75, 3.05) is 31.5 Å². The lowest BCUT2D eigenvalue weighted by molar-refractivity contribution is -0.130. The zero-order valence-corrected chi connectivity index (χ0v) is 12.2. The molecule has 1 amide bonds. The molecule has 0 radical (unpaired) electrons. The number of piperidine rings is 1. The van der Waals surface area contributed by atoms with Gasteiger partial charge in [0.15, 0.2) is 0 Å². The zero-order valence-electron chi connectivity index (χ0n) is 22.2. The zero-order chi connectivity index (χ0) is 25.2. The number of nitrogens with zero attached hydrogens (tertiary/aromatic N) is 5. The number of anilines is 1. The number of H-pyrrole nitrogens is 1. The molecule has 120 valence electrons. The Morgan fingerprint density at radius 3 is 3.43 bits per heavy atom. The summed E-state index contributed by atoms with van der Waals surface area (Å²) >= 11 is 0. The lowest BCUT2D eigenvalue weighted by atomic mass is 9.92. The van der Waals surface area contributed by atoms with Gasteiger partial charge >= 0.3 is 5.91 Å². The molecule has 1 aliphatic rings. The van der Waals surface area contributed by atoms with Crippen molar-refractivity contribution in [3.8, 4) is 0 Å². The number of nitrogens with one attached hydrogen (secondary N) is 1. The quantitative estimate of drug-likeness (QED) is 0.871. The van der Waals surface area contributed by atoms with E-state index in [2.05, 4.69) is 19.8 Å². The molecule has 23 heavy (non-hydrogen) atoms. The summed E-state index contributed by atoms with van der Waals surface area (Å²) in [6.07, 6.45) is -0.347. The van der Waals surface area contributed by atoms with E-state index >= 15 is 0 Å². The van der Waals surface area contributed by atoms with Gasteiger partial charge in [-0.3, -0.25) is 4.79 Å². The second kappa shape index (κ2) is 6.24. The van der Waals surface area contributed by atoms with Crippen LogP contribution in [0.2, 0.25) is 0 Å². The molecule has 0 aliphatic carbocycles. The molecule has 0 spiro atoms. The topological polar surface area (TPSA) is 69.5 Å². The van der Waals surface area contributed by atoms with E-state index in [0.29, 0.717) is 0 Å². The van der Waals surface area contributed by atoms with Crippen LogP contribution >= 0.6 is 0 Å². The van der Waals surface area contributed by atoms with E-state index in [0.717, 1.165) is 11.9 Å². The predicted octanol–water partition coefficient (Wildman–Crippen LogP) is 1.55. The number of aromatic amines is 1. The molecule has 0 aromatic carbocycles. The van der Waals surface area contributed by atoms with Crippen LogP contribution in [0.3, 0.4) is 0 Å². The SMILES string of the molecule is [2H]c1nc(N(C)[C@@]2([2H])C([2H])([2H])N(C(=O)C[N+]#[C-])C([2H])([2H])C[C@@]2([2H])C([2H])([2H])[2H])c2cc[nH]c2n1. The van der Waals surface area contributed by atoms with Crippen LogP contribution in [0.25, 0.3) is 15.9 Å². The Morgan fingerprint density at radius 1 is 1.78 bits per heavy atom. The van der Waals surface area contributed by atoms with Gasteiger partial charge < -0.3 is 19.6 Å². The summed E-state index contributed by atoms with van der Waals surface area (Å²) in [6, 6.07) is -1.72. The van der Waals surface area contributed by atoms with Crippen LogP contribution in [-0.4, -0.2) is 58.4 Å². The molecule has 1 N–H and O–H groups in total. The van der Waals surface area contributed by atoms with Crippen molar-refractivity contribution in [3.05, 3.63) is 30.0 Å². The van der Waals surface area contributed by atoms with Gasteiger partial charge in [0.25, 0.3) is 6.54 Å². The third-order valence-corrected chi connectivity index (χ3v) is 3.32. The summed E-state index contributed by atoms with van der Waals surface area (Å²) < 4.78 is 83.5. The fourth-order valence-electron chi connectivity index (χ4n) is 2.20. The normalized spacial score (nSPS) is 38.9. The summed E-state index contributed by atoms with van der Waals surface area (Å²) in [7, 11) is 1.09. The third kappa shape index (κ3) is 2.84. The highest BCUT2D eigenvalue weighted by Crippen LogP contribution is 2.28. The standard InChI is InChI=1S/C16H20N6O/c1-11-5-7-22(14(23)8-17-2)9-13(11)21(3)16-12-4-6-18-15(12)19-10-20-16/h4,6,10-11,13H,5,7-9H2,1,3H3,(H,18,19,20)/t11-,13+/m1/s1/i1D3,7D2,9D2,10D,11D,13D. The Hall–Kier alpha value is -2.62. The van der Waals surface area contributed by atoms with Crippen molar-refractivity contribution in [3.63, 3.8) is 0 Å². The van der Waals surface area contributed by atoms with Crippen molar-refractivity contribution < 1.29 is 18.5 Å². The van der Waals surface area contributed by atoms with Gasteiger partial charge in [-0.25, -0.2) is 16.5 Å². The number of carbonyl (C=O) groups is 1. The Balaban J connectivity index is 2.37. The van der Waals surface area contributed by atoms with E-state index in [4.69, 9.17) is 20.3 Å². The molecule has 0 unspecified atom stereocenters. The van der Waals surface area contributed by atoms with Crippen LogP contribution in [0.4, 0.5) is 5.82 Å². The molecule has 0 saturated carbocycles. The van der Waals surface area contributed by atoms with Crippen LogP contribution in [-0.2, 0) is 4.79 Å². The van der Waals surface area contributed by atoms with Gasteiger partial charge in [0.05, 0.1) is 15.5 Å². The number of likely N-dealkylation sites (N-methyl/N-ethyl adjacent to an activating group) is 1. The van der Waals surface area contributed by atoms with Crippen LogP contribution in [0.1, 0.15) is 27.0 Å². The summed E-state index contributed by atoms with van der Waals surface area (Å²) in [5, 5.41) is 0.191. The van der Waals surface area contributed by atoms with Crippen LogP contribution in [0, 0.1) is 12.5 Å². The number of amides is 1. The fraction of sp³-hybridized carbons (Fsp3) is 0.500. The molecule has 7 heteroatoms. The van der Waals surface area contributed by atoms with E-state index in [1.807, 2.05) is 0 Å². The van der Waals surface area contributed by atoms with E-state index in [9.17, 15) is 4.79 Å². The maximum absolute atomic E-state index is 12.6. The van der Waals surface area contributed by atoms with Gasteiger partial charge in [-0.1, -0.05) is 6.85 Å². The average molecular weight is 322 g/mol. The van der Waals surface area contributed by atoms with Crippen molar-refractivity contribution in [2.45, 2.75) is 19.3 Å². The molecule has 3 heterocycles. The Kier molecular flexibility index (Phi) is 1.98. The van der Waals surface area contributed by atoms with Gasteiger partial charge in [0, 0.05) is 34.5 Å². The lowest BCUT2D eigenvalue weighted by Crippen LogP contribution is -2.53. The van der Waals surface area contributed by atoms with Gasteiger partial charge in [-0.15, -0.1) is 0 Å². The van der Waals surface area contributed by atoms with Crippen molar-refractivity contribution in [1.29, 1.82) is 0 Å². The molecule has 2 aromatic rings. The molecule has 2 aromatic heterocycles. The number of fused-ring (bicyclic) bond motifs is 1. The van der Waals surface area contributed by atoms with E-state index in [1.54, 1.807) is 0 Å². The largest absolute Gasteiger partial charge is 0.354 e. The number of aromatic nitrogens is 3. The first kappa shape index (κ1) is 7.30. The average Bonchev–Trinajstić information content (AvgIpc) is 3.11. The highest BCUT2D eigenvalue weighted by molar-refractivity contribution is 5.87. The van der Waals surface area contributed by atoms with Crippen LogP contribution in [0.5, 0.6) is 0 Å². The van der Waals surface area contributed by atoms with E-state index in [1.165, 1.54) is 12.3 Å². The monoisotopic (exact) mass is 322 g/mol. The first-order valence-electron chi connectivity index (χ1n) is 11.7. The second-order valence-electron chi connectivity index (χ2n) is 4.77. The van der Waals surface area contributed by atoms with Gasteiger partial charge in [-0.05, 0) is 18.4 Å². The summed E-state index contributed by atoms with van der Waals surface area (Å²) in [5.74, 6) is -4.67. The number of hydrogen-bond donors (Lipinski definition) is 1. The molecular weight excluding hydrogens is 292 g/mol. The minimum atomic E-state index is -3.43. The molecule has 7 nitrogen and oxygen atoms in total. The maximum Gasteiger partial charge on any atom is 0.302 e.